The van der Waals surface area contributed by atoms with Crippen LogP contribution >= 0.6 is 11.3 Å². The number of nitrogens with one attached hydrogen (secondary N) is 1. The van der Waals surface area contributed by atoms with Gasteiger partial charge in [0.25, 0.3) is 0 Å². The van der Waals surface area contributed by atoms with Gasteiger partial charge in [-0.3, -0.25) is 4.98 Å². The van der Waals surface area contributed by atoms with Crippen molar-refractivity contribution in [2.45, 2.75) is 26.7 Å². The molecule has 0 aromatic carbocycles. The minimum atomic E-state index is -0.421. The first-order chi connectivity index (χ1) is 15.1. The maximum atomic E-state index is 11.3. The standard InChI is InChI=1S/C23H24N4O3S/c1-14(8-11-25-23(28)29-3)17-9-12-30-19-7-6-18(27-20(17)19)21-15(2)26-22(31-21)16-5-4-10-24-13-16/h4-7,10,13H,8-9,11-12H2,1-3H3,(H,25,28)/b17-14-. The highest BCUT2D eigenvalue weighted by Crippen LogP contribution is 2.39. The van der Waals surface area contributed by atoms with E-state index in [2.05, 4.69) is 22.0 Å². The molecule has 3 aromatic heterocycles. The Morgan fingerprint density at radius 3 is 2.94 bits per heavy atom. The smallest absolute Gasteiger partial charge is 0.406 e. The van der Waals surface area contributed by atoms with Crippen LogP contribution in [-0.2, 0) is 4.74 Å². The van der Waals surface area contributed by atoms with Gasteiger partial charge in [-0.25, -0.2) is 14.8 Å². The molecule has 7 nitrogen and oxygen atoms in total. The Morgan fingerprint density at radius 2 is 2.16 bits per heavy atom. The molecule has 3 aromatic rings. The maximum absolute atomic E-state index is 11.3. The molecule has 1 N–H and O–H groups in total. The molecule has 1 amide bonds. The number of fused-ring (bicyclic) bond motifs is 1. The lowest BCUT2D eigenvalue weighted by molar-refractivity contribution is 0.171. The average molecular weight is 437 g/mol. The van der Waals surface area contributed by atoms with Crippen LogP contribution in [-0.4, -0.2) is 41.3 Å². The van der Waals surface area contributed by atoms with Crippen LogP contribution in [0.15, 0.2) is 42.2 Å². The lowest BCUT2D eigenvalue weighted by Crippen LogP contribution is -2.24. The number of ether oxygens (including phenoxy) is 2. The third kappa shape index (κ3) is 4.59. The zero-order chi connectivity index (χ0) is 21.8. The Bertz CT molecular complexity index is 1130. The first kappa shape index (κ1) is 21.0. The summed E-state index contributed by atoms with van der Waals surface area (Å²) in [5.41, 5.74) is 6.05. The van der Waals surface area contributed by atoms with Gasteiger partial charge < -0.3 is 14.8 Å². The monoisotopic (exact) mass is 436 g/mol. The molecule has 1 aliphatic heterocycles. The van der Waals surface area contributed by atoms with Gasteiger partial charge in [-0.05, 0) is 50.1 Å². The van der Waals surface area contributed by atoms with Crippen LogP contribution < -0.4 is 10.1 Å². The number of carbonyl (C=O) groups excluding carboxylic acids is 1. The van der Waals surface area contributed by atoms with Crippen LogP contribution in [0, 0.1) is 6.92 Å². The molecule has 0 spiro atoms. The summed E-state index contributed by atoms with van der Waals surface area (Å²) in [5.74, 6) is 0.792. The van der Waals surface area contributed by atoms with Crippen molar-refractivity contribution >= 4 is 23.0 Å². The van der Waals surface area contributed by atoms with Gasteiger partial charge in [0.1, 0.15) is 16.5 Å². The van der Waals surface area contributed by atoms with Crippen molar-refractivity contribution in [2.24, 2.45) is 0 Å². The van der Waals surface area contributed by atoms with Crippen molar-refractivity contribution in [1.82, 2.24) is 20.3 Å². The van der Waals surface area contributed by atoms with Crippen LogP contribution in [0.5, 0.6) is 5.75 Å². The molecule has 1 aliphatic rings. The summed E-state index contributed by atoms with van der Waals surface area (Å²) in [5, 5.41) is 3.66. The van der Waals surface area contributed by atoms with Crippen molar-refractivity contribution in [2.75, 3.05) is 20.3 Å². The number of alkyl carbamates (subject to hydrolysis) is 1. The van der Waals surface area contributed by atoms with Crippen molar-refractivity contribution in [3.8, 4) is 26.9 Å². The van der Waals surface area contributed by atoms with Gasteiger partial charge in [-0.15, -0.1) is 11.3 Å². The van der Waals surface area contributed by atoms with Crippen LogP contribution in [0.1, 0.15) is 31.2 Å². The second-order valence-corrected chi connectivity index (χ2v) is 8.24. The van der Waals surface area contributed by atoms with Crippen LogP contribution in [0.3, 0.4) is 0 Å². The normalized spacial score (nSPS) is 14.4. The Labute approximate surface area is 185 Å². The quantitative estimate of drug-likeness (QED) is 0.614. The van der Waals surface area contributed by atoms with E-state index in [1.54, 1.807) is 17.5 Å². The van der Waals surface area contributed by atoms with E-state index in [9.17, 15) is 4.79 Å². The molecule has 4 rings (SSSR count). The zero-order valence-electron chi connectivity index (χ0n) is 17.8. The Morgan fingerprint density at radius 1 is 1.29 bits per heavy atom. The highest BCUT2D eigenvalue weighted by Gasteiger charge is 2.21. The van der Waals surface area contributed by atoms with E-state index >= 15 is 0 Å². The summed E-state index contributed by atoms with van der Waals surface area (Å²) in [6, 6.07) is 7.90. The Balaban J connectivity index is 1.65. The molecule has 0 saturated heterocycles. The molecule has 0 fully saturated rings. The van der Waals surface area contributed by atoms with E-state index in [1.165, 1.54) is 18.3 Å². The van der Waals surface area contributed by atoms with Gasteiger partial charge in [-0.1, -0.05) is 5.57 Å². The van der Waals surface area contributed by atoms with E-state index in [0.29, 0.717) is 13.2 Å². The Kier molecular flexibility index (Phi) is 6.27. The molecule has 4 heterocycles. The van der Waals surface area contributed by atoms with Crippen LogP contribution in [0.2, 0.25) is 0 Å². The molecule has 0 bridgehead atoms. The largest absolute Gasteiger partial charge is 0.491 e. The Hall–Kier alpha value is -3.26. The number of amides is 1. The zero-order valence-corrected chi connectivity index (χ0v) is 18.6. The summed E-state index contributed by atoms with van der Waals surface area (Å²) in [4.78, 5) is 26.3. The number of aryl methyl sites for hydroxylation is 1. The lowest BCUT2D eigenvalue weighted by atomic mass is 9.97. The van der Waals surface area contributed by atoms with Gasteiger partial charge in [0.15, 0.2) is 0 Å². The van der Waals surface area contributed by atoms with Gasteiger partial charge >= 0.3 is 6.09 Å². The summed E-state index contributed by atoms with van der Waals surface area (Å²) in [7, 11) is 1.36. The van der Waals surface area contributed by atoms with E-state index in [4.69, 9.17) is 14.7 Å². The SMILES string of the molecule is COC(=O)NCC/C(C)=C1/CCOc2ccc(-c3sc(-c4cccnc4)nc3C)nc21. The first-order valence-corrected chi connectivity index (χ1v) is 10.9. The second-order valence-electron chi connectivity index (χ2n) is 7.24. The third-order valence-corrected chi connectivity index (χ3v) is 6.39. The number of rotatable bonds is 5. The van der Waals surface area contributed by atoms with Crippen molar-refractivity contribution < 1.29 is 14.3 Å². The number of thiazole rings is 1. The highest BCUT2D eigenvalue weighted by atomic mass is 32.1. The van der Waals surface area contributed by atoms with E-state index in [-0.39, 0.29) is 0 Å². The van der Waals surface area contributed by atoms with Gasteiger partial charge in [0.05, 0.1) is 30.0 Å². The van der Waals surface area contributed by atoms with Crippen molar-refractivity contribution in [3.05, 3.63) is 53.6 Å². The number of pyridine rings is 2. The second kappa shape index (κ2) is 9.26. The predicted octanol–water partition coefficient (Wildman–Crippen LogP) is 4.88. The van der Waals surface area contributed by atoms with E-state index in [1.807, 2.05) is 37.4 Å². The minimum Gasteiger partial charge on any atom is -0.491 e. The van der Waals surface area contributed by atoms with Gasteiger partial charge in [-0.2, -0.15) is 0 Å². The first-order valence-electron chi connectivity index (χ1n) is 10.1. The maximum Gasteiger partial charge on any atom is 0.406 e. The third-order valence-electron chi connectivity index (χ3n) is 5.16. The van der Waals surface area contributed by atoms with Gasteiger partial charge in [0, 0.05) is 30.9 Å². The molecule has 0 saturated carbocycles. The molecule has 0 atom stereocenters. The summed E-state index contributed by atoms with van der Waals surface area (Å²) in [6.45, 7) is 5.22. The number of hydrogen-bond acceptors (Lipinski definition) is 7. The molecular formula is C23H24N4O3S. The molecular weight excluding hydrogens is 412 g/mol. The topological polar surface area (TPSA) is 86.2 Å². The molecule has 8 heteroatoms. The molecule has 0 radical (unpaired) electrons. The molecule has 160 valence electrons. The number of carbonyl (C=O) groups is 1. The van der Waals surface area contributed by atoms with E-state index in [0.717, 1.165) is 51.1 Å². The van der Waals surface area contributed by atoms with Crippen LogP contribution in [0.25, 0.3) is 26.7 Å². The molecule has 0 aliphatic carbocycles. The molecule has 0 unspecified atom stereocenters. The van der Waals surface area contributed by atoms with Gasteiger partial charge in [0.2, 0.25) is 0 Å². The number of aromatic nitrogens is 3. The highest BCUT2D eigenvalue weighted by molar-refractivity contribution is 7.18. The lowest BCUT2D eigenvalue weighted by Gasteiger charge is -2.22. The summed E-state index contributed by atoms with van der Waals surface area (Å²) in [6.07, 6.45) is 4.67. The van der Waals surface area contributed by atoms with Crippen molar-refractivity contribution in [3.63, 3.8) is 0 Å². The van der Waals surface area contributed by atoms with E-state index < -0.39 is 6.09 Å². The average Bonchev–Trinajstić information content (AvgIpc) is 3.20. The van der Waals surface area contributed by atoms with Crippen molar-refractivity contribution in [1.29, 1.82) is 0 Å². The summed E-state index contributed by atoms with van der Waals surface area (Å²) < 4.78 is 10.5. The number of hydrogen-bond donors (Lipinski definition) is 1. The fraction of sp³-hybridized carbons (Fsp3) is 0.304. The number of methoxy groups -OCH3 is 1. The number of nitrogens with zero attached hydrogens (tertiary/aromatic N) is 3. The van der Waals surface area contributed by atoms with Crippen LogP contribution in [0.4, 0.5) is 4.79 Å². The summed E-state index contributed by atoms with van der Waals surface area (Å²) >= 11 is 1.61. The molecule has 31 heavy (non-hydrogen) atoms. The predicted molar refractivity (Wildman–Crippen MR) is 121 cm³/mol. The minimum absolute atomic E-state index is 0.421. The fourth-order valence-electron chi connectivity index (χ4n) is 3.52. The fourth-order valence-corrected chi connectivity index (χ4v) is 4.55.